The van der Waals surface area contributed by atoms with Crippen LogP contribution in [0, 0.1) is 40.4 Å². The molecule has 3 saturated carbocycles. The second-order valence-electron chi connectivity index (χ2n) is 20.1. The highest BCUT2D eigenvalue weighted by molar-refractivity contribution is 5.90. The van der Waals surface area contributed by atoms with Crippen molar-refractivity contribution in [3.63, 3.8) is 0 Å². The number of esters is 2. The fraction of sp³-hybridized carbons (Fsp3) is 0.771. The van der Waals surface area contributed by atoms with Crippen molar-refractivity contribution >= 4 is 17.7 Å². The number of aliphatic hydroxyl groups is 5. The maximum absolute atomic E-state index is 14.2. The normalized spacial score (nSPS) is 41.2. The maximum Gasteiger partial charge on any atom is 0.338 e. The van der Waals surface area contributed by atoms with Crippen molar-refractivity contribution in [2.45, 2.75) is 166 Å². The molecule has 4 aliphatic carbocycles. The molecule has 2 heterocycles. The van der Waals surface area contributed by atoms with Crippen molar-refractivity contribution < 1.29 is 77.8 Å². The Balaban J connectivity index is 1.18. The minimum absolute atomic E-state index is 0.0268. The molecular formula is C48H70O16. The minimum atomic E-state index is -1.69. The van der Waals surface area contributed by atoms with Crippen LogP contribution in [0.2, 0.25) is 0 Å². The van der Waals surface area contributed by atoms with E-state index in [0.717, 1.165) is 25.7 Å². The molecule has 2 aliphatic heterocycles. The number of ether oxygens (including phenoxy) is 8. The molecule has 358 valence electrons. The lowest BCUT2D eigenvalue weighted by Crippen LogP contribution is -2.64. The molecule has 0 spiro atoms. The fourth-order valence-electron chi connectivity index (χ4n) is 12.3. The van der Waals surface area contributed by atoms with Gasteiger partial charge in [0, 0.05) is 24.7 Å². The second-order valence-corrected chi connectivity index (χ2v) is 20.1. The summed E-state index contributed by atoms with van der Waals surface area (Å²) in [6.45, 7) is 10.7. The van der Waals surface area contributed by atoms with Gasteiger partial charge in [0.25, 0.3) is 0 Å². The summed E-state index contributed by atoms with van der Waals surface area (Å²) in [6, 6.07) is 4.31. The Labute approximate surface area is 375 Å². The predicted octanol–water partition coefficient (Wildman–Crippen LogP) is 4.03. The number of allylic oxidation sites excluding steroid dienone is 1. The van der Waals surface area contributed by atoms with E-state index in [9.17, 15) is 39.9 Å². The molecule has 16 nitrogen and oxygen atoms in total. The Morgan fingerprint density at radius 2 is 1.53 bits per heavy atom. The molecule has 0 aromatic heterocycles. The monoisotopic (exact) mass is 902 g/mol. The topological polar surface area (TPSA) is 226 Å². The summed E-state index contributed by atoms with van der Waals surface area (Å²) >= 11 is 0. The zero-order valence-electron chi connectivity index (χ0n) is 38.5. The van der Waals surface area contributed by atoms with E-state index in [2.05, 4.69) is 33.8 Å². The van der Waals surface area contributed by atoms with Gasteiger partial charge in [-0.3, -0.25) is 9.59 Å². The molecule has 0 radical (unpaired) electrons. The van der Waals surface area contributed by atoms with E-state index in [1.165, 1.54) is 44.9 Å². The minimum Gasteiger partial charge on any atom is -0.493 e. The van der Waals surface area contributed by atoms with Gasteiger partial charge >= 0.3 is 11.9 Å². The lowest BCUT2D eigenvalue weighted by Gasteiger charge is -2.59. The van der Waals surface area contributed by atoms with Gasteiger partial charge in [-0.2, -0.15) is 0 Å². The first kappa shape index (κ1) is 48.7. The van der Waals surface area contributed by atoms with Crippen LogP contribution in [-0.2, 0) is 38.0 Å². The number of benzene rings is 1. The molecule has 7 rings (SSSR count). The lowest BCUT2D eigenvalue weighted by molar-refractivity contribution is -0.345. The third-order valence-corrected chi connectivity index (χ3v) is 16.0. The molecular weight excluding hydrogens is 833 g/mol. The molecule has 1 aromatic carbocycles. The van der Waals surface area contributed by atoms with Crippen LogP contribution in [0.4, 0.5) is 0 Å². The Bertz CT molecular complexity index is 1890. The molecule has 16 heteroatoms. The molecule has 1 aromatic rings. The fourth-order valence-corrected chi connectivity index (χ4v) is 12.3. The SMILES string of the molecule is COc1ccc(C(=O)O[C@@H]2[C@@H](O[C@@H]3[C@@H](OC(C)=O)[C@@H](O[C@H]4C[C@H]5[C@@H]6CC=C7C[C@@H](O)CC[C@]7(C)[C@H]6CC[C@]5(C)[C@@]4(O)[C@H](C)C(=O)CCC(C)C)OC[C@@H]3O)OC[C@H](O)[C@H]2O)cc1OC. The van der Waals surface area contributed by atoms with E-state index in [-0.39, 0.29) is 59.4 Å². The highest BCUT2D eigenvalue weighted by atomic mass is 16.8. The van der Waals surface area contributed by atoms with Crippen LogP contribution in [-0.4, -0.2) is 138 Å². The van der Waals surface area contributed by atoms with Crippen LogP contribution in [0.3, 0.4) is 0 Å². The van der Waals surface area contributed by atoms with Gasteiger partial charge in [-0.05, 0) is 98.7 Å². The second kappa shape index (κ2) is 19.2. The Morgan fingerprint density at radius 1 is 0.844 bits per heavy atom. The van der Waals surface area contributed by atoms with Gasteiger partial charge in [0.15, 0.2) is 36.3 Å². The molecule has 0 bridgehead atoms. The first-order valence-electron chi connectivity index (χ1n) is 23.1. The van der Waals surface area contributed by atoms with Crippen LogP contribution in [0.15, 0.2) is 29.8 Å². The van der Waals surface area contributed by atoms with Gasteiger partial charge in [0.2, 0.25) is 0 Å². The zero-order valence-corrected chi connectivity index (χ0v) is 38.5. The molecule has 0 unspecified atom stereocenters. The summed E-state index contributed by atoms with van der Waals surface area (Å²) in [5.74, 6) is -1.32. The summed E-state index contributed by atoms with van der Waals surface area (Å²) in [5.41, 5.74) is -1.21. The number of carbonyl (C=O) groups excluding carboxylic acids is 3. The van der Waals surface area contributed by atoms with Gasteiger partial charge in [-0.25, -0.2) is 4.79 Å². The first-order valence-corrected chi connectivity index (χ1v) is 23.1. The number of fused-ring (bicyclic) bond motifs is 5. The number of methoxy groups -OCH3 is 2. The van der Waals surface area contributed by atoms with E-state index in [1.807, 2.05) is 0 Å². The standard InChI is InChI=1S/C48H70O16/c1-24(2)9-13-33(51)25(3)48(56)38(21-32-30-12-11-28-20-29(50)15-17-46(28,5)31(30)16-18-47(32,48)6)62-45-42(61-26(4)49)40(35(53)23-60-45)64-44-41(39(54)34(52)22-59-44)63-43(55)27-10-14-36(57-7)37(19-27)58-8/h10-11,14,19,24-25,29-32,34-35,38-42,44-45,50,52-54,56H,9,12-13,15-18,20-23H2,1-8H3/t25-,29+,30-,31+,32+,34+,35+,38+,39-,40+,41+,42-,44-,45-,46+,47+,48-/m1/s1. The van der Waals surface area contributed by atoms with Crippen molar-refractivity contribution in [3.8, 4) is 11.5 Å². The van der Waals surface area contributed by atoms with E-state index < -0.39 is 90.8 Å². The molecule has 5 N–H and O–H groups in total. The van der Waals surface area contributed by atoms with Gasteiger partial charge in [-0.15, -0.1) is 0 Å². The zero-order chi connectivity index (χ0) is 46.5. The Hall–Kier alpha value is -3.19. The Kier molecular flexibility index (Phi) is 14.6. The van der Waals surface area contributed by atoms with E-state index in [1.54, 1.807) is 6.92 Å². The Morgan fingerprint density at radius 3 is 2.20 bits per heavy atom. The third kappa shape index (κ3) is 8.88. The summed E-state index contributed by atoms with van der Waals surface area (Å²) < 4.78 is 47.2. The number of hydrogen-bond donors (Lipinski definition) is 5. The molecule has 0 amide bonds. The average Bonchev–Trinajstić information content (AvgIpc) is 3.49. The average molecular weight is 903 g/mol. The highest BCUT2D eigenvalue weighted by Crippen LogP contribution is 2.69. The number of rotatable bonds is 14. The number of aliphatic hydroxyl groups excluding tert-OH is 4. The van der Waals surface area contributed by atoms with Crippen molar-refractivity contribution in [2.75, 3.05) is 27.4 Å². The summed E-state index contributed by atoms with van der Waals surface area (Å²) in [7, 11) is 2.84. The number of ketones is 1. The van der Waals surface area contributed by atoms with Gasteiger partial charge < -0.3 is 63.4 Å². The van der Waals surface area contributed by atoms with Crippen molar-refractivity contribution in [1.82, 2.24) is 0 Å². The molecule has 2 saturated heterocycles. The highest BCUT2D eigenvalue weighted by Gasteiger charge is 2.70. The molecule has 64 heavy (non-hydrogen) atoms. The van der Waals surface area contributed by atoms with Gasteiger partial charge in [0.1, 0.15) is 35.8 Å². The van der Waals surface area contributed by atoms with E-state index in [4.69, 9.17) is 37.9 Å². The van der Waals surface area contributed by atoms with E-state index >= 15 is 0 Å². The number of hydrogen-bond acceptors (Lipinski definition) is 16. The van der Waals surface area contributed by atoms with Crippen molar-refractivity contribution in [1.29, 1.82) is 0 Å². The predicted molar refractivity (Wildman–Crippen MR) is 228 cm³/mol. The smallest absolute Gasteiger partial charge is 0.338 e. The van der Waals surface area contributed by atoms with Crippen LogP contribution < -0.4 is 9.47 Å². The van der Waals surface area contributed by atoms with Crippen LogP contribution in [0.5, 0.6) is 11.5 Å². The summed E-state index contributed by atoms with van der Waals surface area (Å²) in [6.07, 6.45) is -5.42. The van der Waals surface area contributed by atoms with Crippen molar-refractivity contribution in [2.24, 2.45) is 40.4 Å². The van der Waals surface area contributed by atoms with Crippen LogP contribution in [0.1, 0.15) is 110 Å². The molecule has 17 atom stereocenters. The van der Waals surface area contributed by atoms with Crippen LogP contribution >= 0.6 is 0 Å². The lowest BCUT2D eigenvalue weighted by atomic mass is 9.46. The first-order chi connectivity index (χ1) is 30.3. The summed E-state index contributed by atoms with van der Waals surface area (Å²) in [4.78, 5) is 40.5. The number of Topliss-reactive ketones (excluding diaryl/α,β-unsaturated/α-hetero) is 1. The van der Waals surface area contributed by atoms with Crippen molar-refractivity contribution in [3.05, 3.63) is 35.4 Å². The van der Waals surface area contributed by atoms with Gasteiger partial charge in [0.05, 0.1) is 45.2 Å². The maximum atomic E-state index is 14.2. The molecule has 6 aliphatic rings. The third-order valence-electron chi connectivity index (χ3n) is 16.0. The molecule has 5 fully saturated rings. The van der Waals surface area contributed by atoms with Gasteiger partial charge in [-0.1, -0.05) is 46.3 Å². The largest absolute Gasteiger partial charge is 0.493 e. The van der Waals surface area contributed by atoms with E-state index in [0.29, 0.717) is 37.4 Å². The quantitative estimate of drug-likeness (QED) is 0.131. The summed E-state index contributed by atoms with van der Waals surface area (Å²) in [5, 5.41) is 57.3. The number of carbonyl (C=O) groups is 3. The van der Waals surface area contributed by atoms with Crippen LogP contribution in [0.25, 0.3) is 0 Å².